The first-order chi connectivity index (χ1) is 12.7. The topological polar surface area (TPSA) is 73.3 Å². The molecule has 3 aromatic rings. The molecule has 0 aliphatic rings. The number of methoxy groups -OCH3 is 2. The Morgan fingerprint density at radius 2 is 1.85 bits per heavy atom. The van der Waals surface area contributed by atoms with E-state index in [2.05, 4.69) is 14.9 Å². The first kappa shape index (κ1) is 17.6. The van der Waals surface area contributed by atoms with Gasteiger partial charge in [0.1, 0.15) is 5.69 Å². The van der Waals surface area contributed by atoms with Crippen molar-refractivity contribution in [2.24, 2.45) is 0 Å². The number of carbonyl (C=O) groups excluding carboxylic acids is 1. The second-order valence-electron chi connectivity index (χ2n) is 5.30. The molecule has 0 unspecified atom stereocenters. The van der Waals surface area contributed by atoms with Gasteiger partial charge in [-0.25, -0.2) is 0 Å². The van der Waals surface area contributed by atoms with Crippen molar-refractivity contribution in [3.8, 4) is 22.8 Å². The van der Waals surface area contributed by atoms with Crippen LogP contribution in [0.1, 0.15) is 5.56 Å². The van der Waals surface area contributed by atoms with Crippen LogP contribution in [0.2, 0.25) is 0 Å². The number of aromatic nitrogens is 2. The lowest BCUT2D eigenvalue weighted by molar-refractivity contribution is -0.111. The van der Waals surface area contributed by atoms with E-state index in [-0.39, 0.29) is 5.91 Å². The molecule has 1 aromatic heterocycles. The first-order valence-corrected chi connectivity index (χ1v) is 8.62. The third-order valence-electron chi connectivity index (χ3n) is 3.64. The zero-order valence-corrected chi connectivity index (χ0v) is 15.1. The summed E-state index contributed by atoms with van der Waals surface area (Å²) in [5.41, 5.74) is 3.32. The summed E-state index contributed by atoms with van der Waals surface area (Å²) in [6.45, 7) is 0. The van der Waals surface area contributed by atoms with E-state index in [1.54, 1.807) is 32.4 Å². The molecule has 1 N–H and O–H groups in total. The number of amides is 1. The maximum absolute atomic E-state index is 12.1. The predicted molar refractivity (Wildman–Crippen MR) is 103 cm³/mol. The fraction of sp³-hybridized carbons (Fsp3) is 0.105. The fourth-order valence-corrected chi connectivity index (χ4v) is 2.79. The lowest BCUT2D eigenvalue weighted by Gasteiger charge is -2.07. The van der Waals surface area contributed by atoms with Crippen LogP contribution in [0, 0.1) is 0 Å². The van der Waals surface area contributed by atoms with Crippen molar-refractivity contribution in [3.05, 3.63) is 59.5 Å². The van der Waals surface area contributed by atoms with Crippen LogP contribution in [0.25, 0.3) is 17.3 Å². The van der Waals surface area contributed by atoms with E-state index in [1.165, 1.54) is 17.6 Å². The first-order valence-electron chi connectivity index (χ1n) is 7.78. The van der Waals surface area contributed by atoms with E-state index in [9.17, 15) is 4.79 Å². The van der Waals surface area contributed by atoms with E-state index < -0.39 is 0 Å². The lowest BCUT2D eigenvalue weighted by atomic mass is 10.1. The average molecular weight is 367 g/mol. The van der Waals surface area contributed by atoms with E-state index >= 15 is 0 Å². The van der Waals surface area contributed by atoms with E-state index in [1.807, 2.05) is 35.7 Å². The highest BCUT2D eigenvalue weighted by atomic mass is 32.1. The number of carbonyl (C=O) groups is 1. The van der Waals surface area contributed by atoms with Crippen LogP contribution < -0.4 is 14.8 Å². The summed E-state index contributed by atoms with van der Waals surface area (Å²) in [6, 6.07) is 12.9. The molecule has 7 heteroatoms. The number of nitrogens with zero attached hydrogens (tertiary/aromatic N) is 2. The van der Waals surface area contributed by atoms with Crippen LogP contribution >= 0.6 is 11.5 Å². The quantitative estimate of drug-likeness (QED) is 0.670. The molecule has 1 amide bonds. The van der Waals surface area contributed by atoms with Gasteiger partial charge in [-0.3, -0.25) is 4.79 Å². The van der Waals surface area contributed by atoms with Gasteiger partial charge in [0.15, 0.2) is 11.5 Å². The Bertz CT molecular complexity index is 906. The van der Waals surface area contributed by atoms with Gasteiger partial charge < -0.3 is 14.8 Å². The molecule has 0 bridgehead atoms. The summed E-state index contributed by atoms with van der Waals surface area (Å²) in [5, 5.41) is 8.71. The molecule has 0 atom stereocenters. The van der Waals surface area contributed by atoms with Crippen LogP contribution in [-0.4, -0.2) is 29.7 Å². The summed E-state index contributed by atoms with van der Waals surface area (Å²) in [6.07, 6.45) is 3.19. The average Bonchev–Trinajstić information content (AvgIpc) is 3.21. The molecule has 26 heavy (non-hydrogen) atoms. The normalized spacial score (nSPS) is 10.7. The van der Waals surface area contributed by atoms with Gasteiger partial charge in [0.25, 0.3) is 0 Å². The standard InChI is InChI=1S/C19H17N3O3S/c1-24-17-9-3-13(11-18(17)25-2)4-10-19(23)20-15-7-5-14(6-8-15)16-12-26-22-21-16/h3-12H,1-2H3,(H,20,23)/b10-4+. The highest BCUT2D eigenvalue weighted by Crippen LogP contribution is 2.28. The Morgan fingerprint density at radius 3 is 2.50 bits per heavy atom. The van der Waals surface area contributed by atoms with Gasteiger partial charge in [0.2, 0.25) is 5.91 Å². The molecule has 0 saturated carbocycles. The molecule has 0 saturated heterocycles. The molecule has 6 nitrogen and oxygen atoms in total. The highest BCUT2D eigenvalue weighted by Gasteiger charge is 2.04. The third-order valence-corrected chi connectivity index (χ3v) is 4.15. The summed E-state index contributed by atoms with van der Waals surface area (Å²) >= 11 is 1.30. The van der Waals surface area contributed by atoms with Crippen LogP contribution in [0.4, 0.5) is 5.69 Å². The highest BCUT2D eigenvalue weighted by molar-refractivity contribution is 7.03. The van der Waals surface area contributed by atoms with Crippen molar-refractivity contribution in [1.29, 1.82) is 0 Å². The smallest absolute Gasteiger partial charge is 0.248 e. The van der Waals surface area contributed by atoms with Gasteiger partial charge >= 0.3 is 0 Å². The van der Waals surface area contributed by atoms with Crippen LogP contribution in [0.15, 0.2) is 53.9 Å². The largest absolute Gasteiger partial charge is 0.493 e. The Hall–Kier alpha value is -3.19. The van der Waals surface area contributed by atoms with E-state index in [0.29, 0.717) is 17.2 Å². The fourth-order valence-electron chi connectivity index (χ4n) is 2.33. The zero-order chi connectivity index (χ0) is 18.4. The van der Waals surface area contributed by atoms with Gasteiger partial charge in [-0.2, -0.15) is 0 Å². The third kappa shape index (κ3) is 4.25. The van der Waals surface area contributed by atoms with Crippen LogP contribution in [0.3, 0.4) is 0 Å². The zero-order valence-electron chi connectivity index (χ0n) is 14.3. The molecule has 0 fully saturated rings. The predicted octanol–water partition coefficient (Wildman–Crippen LogP) is 3.87. The minimum absolute atomic E-state index is 0.220. The molecule has 0 radical (unpaired) electrons. The van der Waals surface area contributed by atoms with Gasteiger partial charge in [-0.1, -0.05) is 22.7 Å². The molecule has 0 aliphatic heterocycles. The number of hydrogen-bond acceptors (Lipinski definition) is 6. The molecular weight excluding hydrogens is 350 g/mol. The van der Waals surface area contributed by atoms with E-state index in [0.717, 1.165) is 16.8 Å². The number of hydrogen-bond donors (Lipinski definition) is 1. The minimum atomic E-state index is -0.220. The number of ether oxygens (including phenoxy) is 2. The van der Waals surface area contributed by atoms with Crippen molar-refractivity contribution in [2.45, 2.75) is 0 Å². The molecule has 0 aliphatic carbocycles. The number of benzene rings is 2. The lowest BCUT2D eigenvalue weighted by Crippen LogP contribution is -2.07. The van der Waals surface area contributed by atoms with Crippen molar-refractivity contribution in [3.63, 3.8) is 0 Å². The summed E-state index contributed by atoms with van der Waals surface area (Å²) in [5.74, 6) is 1.04. The Labute approximate surface area is 155 Å². The van der Waals surface area contributed by atoms with Gasteiger partial charge in [0, 0.05) is 22.7 Å². The summed E-state index contributed by atoms with van der Waals surface area (Å²) < 4.78 is 14.3. The number of anilines is 1. The van der Waals surface area contributed by atoms with Crippen molar-refractivity contribution in [2.75, 3.05) is 19.5 Å². The summed E-state index contributed by atoms with van der Waals surface area (Å²) in [7, 11) is 3.15. The Balaban J connectivity index is 1.64. The van der Waals surface area contributed by atoms with E-state index in [4.69, 9.17) is 9.47 Å². The van der Waals surface area contributed by atoms with Crippen molar-refractivity contribution >= 4 is 29.2 Å². The molecule has 0 spiro atoms. The molecular formula is C19H17N3O3S. The molecule has 1 heterocycles. The molecule has 2 aromatic carbocycles. The Kier molecular flexibility index (Phi) is 5.60. The van der Waals surface area contributed by atoms with Crippen molar-refractivity contribution < 1.29 is 14.3 Å². The van der Waals surface area contributed by atoms with Crippen LogP contribution in [-0.2, 0) is 4.79 Å². The SMILES string of the molecule is COc1ccc(/C=C/C(=O)Nc2ccc(-c3csnn3)cc2)cc1OC. The molecule has 132 valence electrons. The second kappa shape index (κ2) is 8.26. The second-order valence-corrected chi connectivity index (χ2v) is 5.91. The summed E-state index contributed by atoms with van der Waals surface area (Å²) in [4.78, 5) is 12.1. The van der Waals surface area contributed by atoms with Gasteiger partial charge in [-0.15, -0.1) is 5.10 Å². The van der Waals surface area contributed by atoms with Gasteiger partial charge in [-0.05, 0) is 47.4 Å². The van der Waals surface area contributed by atoms with Crippen LogP contribution in [0.5, 0.6) is 11.5 Å². The maximum atomic E-state index is 12.1. The monoisotopic (exact) mass is 367 g/mol. The number of nitrogens with one attached hydrogen (secondary N) is 1. The number of rotatable bonds is 6. The van der Waals surface area contributed by atoms with Gasteiger partial charge in [0.05, 0.1) is 14.2 Å². The molecule has 3 rings (SSSR count). The maximum Gasteiger partial charge on any atom is 0.248 e. The minimum Gasteiger partial charge on any atom is -0.493 e. The Morgan fingerprint density at radius 1 is 1.08 bits per heavy atom. The van der Waals surface area contributed by atoms with Crippen molar-refractivity contribution in [1.82, 2.24) is 9.59 Å².